The van der Waals surface area contributed by atoms with Gasteiger partial charge in [-0.05, 0) is 12.5 Å². The molecule has 0 fully saturated rings. The van der Waals surface area contributed by atoms with E-state index in [1.807, 2.05) is 0 Å². The topological polar surface area (TPSA) is 0 Å². The maximum Gasteiger partial charge on any atom is 0.412 e. The van der Waals surface area contributed by atoms with E-state index in [0.29, 0.717) is 0 Å². The molecule has 0 aliphatic carbocycles. The maximum absolute atomic E-state index is 12.5. The largest absolute Gasteiger partial charge is 0.412 e. The van der Waals surface area contributed by atoms with E-state index in [4.69, 9.17) is 11.1 Å². The molecule has 0 aromatic carbocycles. The second-order valence-electron chi connectivity index (χ2n) is 4.62. The average Bonchev–Trinajstić information content (AvgIpc) is 1.92. The van der Waals surface area contributed by atoms with Crippen LogP contribution in [0, 0.1) is 5.41 Å². The Morgan fingerprint density at radius 3 is 1.16 bits per heavy atom. The van der Waals surface area contributed by atoms with Crippen molar-refractivity contribution in [1.82, 2.24) is 0 Å². The minimum atomic E-state index is -6.49. The number of hydrogen-bond acceptors (Lipinski definition) is 0. The Kier molecular flexibility index (Phi) is 4.98. The standard InChI is InChI=1S/C8H10ClF9Si/c1-19(2,9)4-3-5(6(10,11)12,7(13,14)15)8(16,17)18/h3-4H2,1-2H3. The normalized spacial score (nSPS) is 15.8. The van der Waals surface area contributed by atoms with Crippen LogP contribution in [-0.2, 0) is 0 Å². The van der Waals surface area contributed by atoms with Crippen LogP contribution in [0.5, 0.6) is 0 Å². The first-order chi connectivity index (χ1) is 7.96. The number of hydrogen-bond donors (Lipinski definition) is 0. The molecule has 0 atom stereocenters. The summed E-state index contributed by atoms with van der Waals surface area (Å²) in [5.74, 6) is 0. The van der Waals surface area contributed by atoms with Crippen molar-refractivity contribution in [2.75, 3.05) is 0 Å². The quantitative estimate of drug-likeness (QED) is 0.362. The highest BCUT2D eigenvalue weighted by Gasteiger charge is 2.82. The minimum absolute atomic E-state index is 0.965. The van der Waals surface area contributed by atoms with E-state index in [9.17, 15) is 39.5 Å². The van der Waals surface area contributed by atoms with Gasteiger partial charge in [0.25, 0.3) is 5.41 Å². The molecule has 0 unspecified atom stereocenters. The number of halogens is 10. The SMILES string of the molecule is C[Si](C)(Cl)CCC(C(F)(F)F)(C(F)(F)F)C(F)(F)F. The summed E-state index contributed by atoms with van der Waals surface area (Å²) in [4.78, 5) is 0. The molecule has 0 saturated carbocycles. The van der Waals surface area contributed by atoms with E-state index < -0.39 is 43.8 Å². The van der Waals surface area contributed by atoms with E-state index in [1.165, 1.54) is 13.1 Å². The fraction of sp³-hybridized carbons (Fsp3) is 1.00. The predicted molar refractivity (Wildman–Crippen MR) is 53.4 cm³/mol. The predicted octanol–water partition coefficient (Wildman–Crippen LogP) is 5.49. The third kappa shape index (κ3) is 3.93. The van der Waals surface area contributed by atoms with Crippen molar-refractivity contribution in [2.45, 2.75) is 44.1 Å². The summed E-state index contributed by atoms with van der Waals surface area (Å²) < 4.78 is 112. The van der Waals surface area contributed by atoms with Gasteiger partial charge in [-0.1, -0.05) is 13.1 Å². The van der Waals surface area contributed by atoms with Gasteiger partial charge in [0.05, 0.1) is 0 Å². The zero-order valence-corrected chi connectivity index (χ0v) is 11.4. The third-order valence-corrected chi connectivity index (χ3v) is 4.55. The van der Waals surface area contributed by atoms with Crippen LogP contribution in [0.3, 0.4) is 0 Å². The van der Waals surface area contributed by atoms with Gasteiger partial charge in [0.15, 0.2) is 7.38 Å². The molecule has 19 heavy (non-hydrogen) atoms. The van der Waals surface area contributed by atoms with Crippen molar-refractivity contribution >= 4 is 18.5 Å². The molecule has 0 aromatic heterocycles. The summed E-state index contributed by atoms with van der Waals surface area (Å²) in [6, 6.07) is -0.965. The minimum Gasteiger partial charge on any atom is -0.170 e. The van der Waals surface area contributed by atoms with Crippen molar-refractivity contribution in [2.24, 2.45) is 5.41 Å². The molecule has 0 aliphatic rings. The van der Waals surface area contributed by atoms with Gasteiger partial charge < -0.3 is 0 Å². The van der Waals surface area contributed by atoms with E-state index in [1.54, 1.807) is 0 Å². The van der Waals surface area contributed by atoms with Crippen LogP contribution in [0.1, 0.15) is 6.42 Å². The second kappa shape index (κ2) is 5.01. The highest BCUT2D eigenvalue weighted by atomic mass is 35.6. The van der Waals surface area contributed by atoms with E-state index in [0.717, 1.165) is 0 Å². The first-order valence-electron chi connectivity index (χ1n) is 4.85. The summed E-state index contributed by atoms with van der Waals surface area (Å²) in [6.45, 7) is 2.34. The van der Waals surface area contributed by atoms with Crippen LogP contribution in [0.15, 0.2) is 0 Å². The van der Waals surface area contributed by atoms with Gasteiger partial charge in [0.1, 0.15) is 0 Å². The molecule has 0 nitrogen and oxygen atoms in total. The smallest absolute Gasteiger partial charge is 0.170 e. The summed E-state index contributed by atoms with van der Waals surface area (Å²) in [6.07, 6.45) is -21.6. The van der Waals surface area contributed by atoms with Gasteiger partial charge in [-0.15, -0.1) is 0 Å². The summed E-state index contributed by atoms with van der Waals surface area (Å²) >= 11 is 5.53. The number of alkyl halides is 9. The van der Waals surface area contributed by atoms with E-state index >= 15 is 0 Å². The molecule has 0 saturated heterocycles. The molecule has 0 radical (unpaired) electrons. The molecule has 0 aromatic rings. The van der Waals surface area contributed by atoms with Gasteiger partial charge in [-0.3, -0.25) is 0 Å². The zero-order valence-electron chi connectivity index (χ0n) is 9.69. The second-order valence-corrected chi connectivity index (χ2v) is 11.6. The van der Waals surface area contributed by atoms with Crippen LogP contribution in [0.4, 0.5) is 39.5 Å². The van der Waals surface area contributed by atoms with Crippen LogP contribution in [0.2, 0.25) is 19.1 Å². The molecular weight excluding hydrogens is 331 g/mol. The Bertz CT molecular complexity index is 272. The molecule has 0 rings (SSSR count). The lowest BCUT2D eigenvalue weighted by atomic mass is 9.82. The Hall–Kier alpha value is -0.123. The van der Waals surface area contributed by atoms with Gasteiger partial charge in [0, 0.05) is 0 Å². The van der Waals surface area contributed by atoms with Crippen molar-refractivity contribution in [3.05, 3.63) is 0 Å². The van der Waals surface area contributed by atoms with Crippen LogP contribution < -0.4 is 0 Å². The van der Waals surface area contributed by atoms with E-state index in [-0.39, 0.29) is 0 Å². The lowest BCUT2D eigenvalue weighted by Gasteiger charge is -2.39. The van der Waals surface area contributed by atoms with Gasteiger partial charge in [0.2, 0.25) is 0 Å². The monoisotopic (exact) mass is 340 g/mol. The van der Waals surface area contributed by atoms with Crippen molar-refractivity contribution in [3.63, 3.8) is 0 Å². The summed E-state index contributed by atoms with van der Waals surface area (Å²) in [5, 5.41) is 0. The molecule has 0 aliphatic heterocycles. The Morgan fingerprint density at radius 1 is 0.737 bits per heavy atom. The molecular formula is C8H10ClF9Si. The molecule has 116 valence electrons. The van der Waals surface area contributed by atoms with Crippen molar-refractivity contribution in [3.8, 4) is 0 Å². The highest BCUT2D eigenvalue weighted by Crippen LogP contribution is 2.62. The van der Waals surface area contributed by atoms with Crippen LogP contribution >= 0.6 is 11.1 Å². The Balaban J connectivity index is 5.83. The van der Waals surface area contributed by atoms with Crippen molar-refractivity contribution < 1.29 is 39.5 Å². The number of rotatable bonds is 3. The summed E-state index contributed by atoms with van der Waals surface area (Å²) in [5.41, 5.74) is -5.73. The van der Waals surface area contributed by atoms with Crippen molar-refractivity contribution in [1.29, 1.82) is 0 Å². The zero-order chi connectivity index (χ0) is 15.9. The summed E-state index contributed by atoms with van der Waals surface area (Å²) in [7, 11) is -3.03. The molecule has 0 spiro atoms. The fourth-order valence-electron chi connectivity index (χ4n) is 1.39. The molecule has 0 N–H and O–H groups in total. The first-order valence-corrected chi connectivity index (χ1v) is 9.07. The van der Waals surface area contributed by atoms with Gasteiger partial charge in [-0.2, -0.15) is 50.6 Å². The van der Waals surface area contributed by atoms with Gasteiger partial charge in [-0.25, -0.2) is 0 Å². The molecule has 0 amide bonds. The molecule has 11 heteroatoms. The third-order valence-electron chi connectivity index (χ3n) is 2.55. The lowest BCUT2D eigenvalue weighted by molar-refractivity contribution is -0.427. The average molecular weight is 341 g/mol. The van der Waals surface area contributed by atoms with Crippen LogP contribution in [0.25, 0.3) is 0 Å². The van der Waals surface area contributed by atoms with Gasteiger partial charge >= 0.3 is 18.5 Å². The maximum atomic E-state index is 12.5. The molecule has 0 bridgehead atoms. The fourth-order valence-corrected chi connectivity index (χ4v) is 2.65. The Labute approximate surface area is 108 Å². The lowest BCUT2D eigenvalue weighted by Crippen LogP contribution is -2.59. The van der Waals surface area contributed by atoms with E-state index in [2.05, 4.69) is 0 Å². The Morgan fingerprint density at radius 2 is 1.00 bits per heavy atom. The first kappa shape index (κ1) is 18.9. The van der Waals surface area contributed by atoms with Crippen LogP contribution in [-0.4, -0.2) is 25.9 Å². The highest BCUT2D eigenvalue weighted by molar-refractivity contribution is 7.19. The molecule has 0 heterocycles.